The molecule has 3 atom stereocenters. The molecule has 1 fully saturated rings. The molecule has 1 aliphatic carbocycles. The Bertz CT molecular complexity index is 1570. The lowest BCUT2D eigenvalue weighted by Crippen LogP contribution is -2.43. The maximum absolute atomic E-state index is 13.3. The monoisotopic (exact) mass is 555 g/mol. The predicted octanol–water partition coefficient (Wildman–Crippen LogP) is 6.55. The van der Waals surface area contributed by atoms with E-state index < -0.39 is 0 Å². The molecule has 0 spiro atoms. The van der Waals surface area contributed by atoms with Crippen LogP contribution in [0.2, 0.25) is 0 Å². The molecule has 5 rings (SSSR count). The molecule has 1 N–H and O–H groups in total. The van der Waals surface area contributed by atoms with E-state index in [0.717, 1.165) is 24.0 Å². The van der Waals surface area contributed by atoms with Gasteiger partial charge in [0.1, 0.15) is 0 Å². The largest absolute Gasteiger partial charge is 0.493 e. The number of benzene rings is 3. The SMILES string of the molecule is COc1ccc(-c2nc3ccc(C(=O)N[C@@H]4CCC[C@@H](C)[C@H]4C)cc3nc2-c2ccc(OC)c(OC)c2)cc1OC. The van der Waals surface area contributed by atoms with Gasteiger partial charge in [-0.3, -0.25) is 4.79 Å². The molecule has 0 radical (unpaired) electrons. The maximum Gasteiger partial charge on any atom is 0.251 e. The van der Waals surface area contributed by atoms with E-state index >= 15 is 0 Å². The molecule has 8 nitrogen and oxygen atoms in total. The van der Waals surface area contributed by atoms with Crippen molar-refractivity contribution in [2.24, 2.45) is 11.8 Å². The molecule has 1 amide bonds. The topological polar surface area (TPSA) is 91.8 Å². The third-order valence-electron chi connectivity index (χ3n) is 8.26. The van der Waals surface area contributed by atoms with Gasteiger partial charge in [0.15, 0.2) is 23.0 Å². The van der Waals surface area contributed by atoms with E-state index in [2.05, 4.69) is 19.2 Å². The lowest BCUT2D eigenvalue weighted by atomic mass is 9.78. The standard InChI is InChI=1S/C33H37N3O5/c1-19-8-7-9-24(20(19)2)36-33(37)23-10-13-25-26(16-23)35-32(22-12-15-28(39-4)30(18-22)41-6)31(34-25)21-11-14-27(38-3)29(17-21)40-5/h10-20,24H,7-9H2,1-6H3,(H,36,37)/t19-,20-,24-/m1/s1. The van der Waals surface area contributed by atoms with Crippen molar-refractivity contribution in [1.82, 2.24) is 15.3 Å². The number of hydrogen-bond acceptors (Lipinski definition) is 7. The lowest BCUT2D eigenvalue weighted by Gasteiger charge is -2.34. The van der Waals surface area contributed by atoms with E-state index in [9.17, 15) is 4.79 Å². The number of nitrogens with one attached hydrogen (secondary N) is 1. The maximum atomic E-state index is 13.3. The number of aromatic nitrogens is 2. The average molecular weight is 556 g/mol. The molecule has 1 heterocycles. The van der Waals surface area contributed by atoms with Crippen LogP contribution in [0.4, 0.5) is 0 Å². The highest BCUT2D eigenvalue weighted by atomic mass is 16.5. The van der Waals surface area contributed by atoms with Crippen LogP contribution in [0.1, 0.15) is 43.5 Å². The summed E-state index contributed by atoms with van der Waals surface area (Å²) in [5.74, 6) is 3.34. The zero-order chi connectivity index (χ0) is 29.1. The summed E-state index contributed by atoms with van der Waals surface area (Å²) in [6.45, 7) is 4.49. The molecular formula is C33H37N3O5. The number of nitrogens with zero attached hydrogens (tertiary/aromatic N) is 2. The number of hydrogen-bond donors (Lipinski definition) is 1. The van der Waals surface area contributed by atoms with Gasteiger partial charge in [-0.05, 0) is 72.9 Å². The molecule has 0 saturated heterocycles. The van der Waals surface area contributed by atoms with Crippen LogP contribution in [0.5, 0.6) is 23.0 Å². The third-order valence-corrected chi connectivity index (χ3v) is 8.26. The number of ether oxygens (including phenoxy) is 4. The number of rotatable bonds is 8. The Morgan fingerprint density at radius 1 is 0.707 bits per heavy atom. The van der Waals surface area contributed by atoms with Crippen LogP contribution in [0.3, 0.4) is 0 Å². The molecule has 4 aromatic rings. The summed E-state index contributed by atoms with van der Waals surface area (Å²) in [7, 11) is 6.40. The number of fused-ring (bicyclic) bond motifs is 1. The van der Waals surface area contributed by atoms with Gasteiger partial charge < -0.3 is 24.3 Å². The molecule has 41 heavy (non-hydrogen) atoms. The highest BCUT2D eigenvalue weighted by Gasteiger charge is 2.28. The minimum Gasteiger partial charge on any atom is -0.493 e. The fraction of sp³-hybridized carbons (Fsp3) is 0.364. The van der Waals surface area contributed by atoms with Gasteiger partial charge in [-0.1, -0.05) is 26.7 Å². The molecule has 0 aliphatic heterocycles. The molecule has 1 aromatic heterocycles. The Balaban J connectivity index is 1.61. The van der Waals surface area contributed by atoms with Crippen LogP contribution in [0.25, 0.3) is 33.5 Å². The highest BCUT2D eigenvalue weighted by Crippen LogP contribution is 2.39. The van der Waals surface area contributed by atoms with E-state index in [1.54, 1.807) is 28.4 Å². The Morgan fingerprint density at radius 2 is 1.27 bits per heavy atom. The van der Waals surface area contributed by atoms with E-state index in [1.807, 2.05) is 54.6 Å². The Morgan fingerprint density at radius 3 is 1.83 bits per heavy atom. The van der Waals surface area contributed by atoms with Crippen molar-refractivity contribution in [2.75, 3.05) is 28.4 Å². The van der Waals surface area contributed by atoms with Gasteiger partial charge in [-0.15, -0.1) is 0 Å². The summed E-state index contributed by atoms with van der Waals surface area (Å²) in [4.78, 5) is 23.4. The number of amides is 1. The first-order chi connectivity index (χ1) is 19.9. The van der Waals surface area contributed by atoms with Gasteiger partial charge in [-0.2, -0.15) is 0 Å². The van der Waals surface area contributed by atoms with Crippen LogP contribution in [0, 0.1) is 11.8 Å². The van der Waals surface area contributed by atoms with Crippen molar-refractivity contribution >= 4 is 16.9 Å². The Kier molecular flexibility index (Phi) is 8.28. The van der Waals surface area contributed by atoms with Crippen molar-refractivity contribution in [3.8, 4) is 45.5 Å². The normalized spacial score (nSPS) is 18.5. The van der Waals surface area contributed by atoms with Crippen molar-refractivity contribution in [3.05, 3.63) is 60.2 Å². The molecule has 1 aliphatic rings. The van der Waals surface area contributed by atoms with Crippen molar-refractivity contribution in [2.45, 2.75) is 39.2 Å². The van der Waals surface area contributed by atoms with E-state index in [4.69, 9.17) is 28.9 Å². The van der Waals surface area contributed by atoms with Crippen LogP contribution in [-0.2, 0) is 0 Å². The number of methoxy groups -OCH3 is 4. The molecule has 3 aromatic carbocycles. The summed E-state index contributed by atoms with van der Waals surface area (Å²) in [5.41, 5.74) is 4.76. The van der Waals surface area contributed by atoms with Crippen molar-refractivity contribution < 1.29 is 23.7 Å². The van der Waals surface area contributed by atoms with E-state index in [0.29, 0.717) is 62.8 Å². The average Bonchev–Trinajstić information content (AvgIpc) is 3.01. The second-order valence-corrected chi connectivity index (χ2v) is 10.6. The molecule has 0 unspecified atom stereocenters. The quantitative estimate of drug-likeness (QED) is 0.263. The van der Waals surface area contributed by atoms with Gasteiger partial charge in [-0.25, -0.2) is 9.97 Å². The zero-order valence-corrected chi connectivity index (χ0v) is 24.5. The molecule has 0 bridgehead atoms. The van der Waals surface area contributed by atoms with Crippen LogP contribution < -0.4 is 24.3 Å². The van der Waals surface area contributed by atoms with Crippen LogP contribution in [0.15, 0.2) is 54.6 Å². The lowest BCUT2D eigenvalue weighted by molar-refractivity contribution is 0.0891. The second-order valence-electron chi connectivity index (χ2n) is 10.6. The third kappa shape index (κ3) is 5.64. The Labute approximate surface area is 241 Å². The fourth-order valence-electron chi connectivity index (χ4n) is 5.60. The summed E-state index contributed by atoms with van der Waals surface area (Å²) >= 11 is 0. The van der Waals surface area contributed by atoms with Gasteiger partial charge in [0.25, 0.3) is 5.91 Å². The number of carbonyl (C=O) groups excluding carboxylic acids is 1. The molecule has 8 heteroatoms. The predicted molar refractivity (Wildman–Crippen MR) is 160 cm³/mol. The summed E-state index contributed by atoms with van der Waals surface area (Å²) in [6, 6.07) is 16.9. The summed E-state index contributed by atoms with van der Waals surface area (Å²) in [6.07, 6.45) is 3.34. The summed E-state index contributed by atoms with van der Waals surface area (Å²) in [5, 5.41) is 3.27. The summed E-state index contributed by atoms with van der Waals surface area (Å²) < 4.78 is 22.0. The molecule has 214 valence electrons. The number of carbonyl (C=O) groups is 1. The fourth-order valence-corrected chi connectivity index (χ4v) is 5.60. The minimum absolute atomic E-state index is 0.0868. The Hall–Kier alpha value is -4.33. The van der Waals surface area contributed by atoms with Gasteiger partial charge in [0.05, 0.1) is 50.9 Å². The van der Waals surface area contributed by atoms with Crippen molar-refractivity contribution in [1.29, 1.82) is 0 Å². The van der Waals surface area contributed by atoms with Gasteiger partial charge in [0, 0.05) is 22.7 Å². The van der Waals surface area contributed by atoms with Crippen LogP contribution in [-0.4, -0.2) is 50.4 Å². The molecule has 1 saturated carbocycles. The first-order valence-electron chi connectivity index (χ1n) is 13.9. The first-order valence-corrected chi connectivity index (χ1v) is 13.9. The second kappa shape index (κ2) is 12.0. The van der Waals surface area contributed by atoms with Gasteiger partial charge >= 0.3 is 0 Å². The first kappa shape index (κ1) is 28.2. The van der Waals surface area contributed by atoms with E-state index in [-0.39, 0.29) is 11.9 Å². The smallest absolute Gasteiger partial charge is 0.251 e. The zero-order valence-electron chi connectivity index (χ0n) is 24.5. The highest BCUT2D eigenvalue weighted by molar-refractivity contribution is 5.98. The van der Waals surface area contributed by atoms with Crippen molar-refractivity contribution in [3.63, 3.8) is 0 Å². The van der Waals surface area contributed by atoms with Crippen LogP contribution >= 0.6 is 0 Å². The van der Waals surface area contributed by atoms with Gasteiger partial charge in [0.2, 0.25) is 0 Å². The minimum atomic E-state index is -0.0868. The molecular weight excluding hydrogens is 518 g/mol. The van der Waals surface area contributed by atoms with E-state index in [1.165, 1.54) is 6.42 Å².